The maximum Gasteiger partial charge on any atom is 0.0637 e. The fourth-order valence-electron chi connectivity index (χ4n) is 1.68. The lowest BCUT2D eigenvalue weighted by molar-refractivity contribution is 0.205. The standard InChI is InChI=1S/C12H19ClN2O/c1-3-15(6-7-16-2)12-5-4-11(13)8-10(12)9-14/h4-5,8H,3,6-7,9,14H2,1-2H3. The Morgan fingerprint density at radius 3 is 2.75 bits per heavy atom. The minimum Gasteiger partial charge on any atom is -0.383 e. The number of halogens is 1. The van der Waals surface area contributed by atoms with E-state index in [0.29, 0.717) is 13.2 Å². The summed E-state index contributed by atoms with van der Waals surface area (Å²) in [6.07, 6.45) is 0. The van der Waals surface area contributed by atoms with Crippen molar-refractivity contribution in [1.29, 1.82) is 0 Å². The third-order valence-electron chi connectivity index (χ3n) is 2.55. The molecule has 0 radical (unpaired) electrons. The van der Waals surface area contributed by atoms with E-state index in [9.17, 15) is 0 Å². The molecule has 1 aromatic rings. The van der Waals surface area contributed by atoms with Crippen molar-refractivity contribution < 1.29 is 4.74 Å². The number of benzene rings is 1. The largest absolute Gasteiger partial charge is 0.383 e. The number of hydrogen-bond donors (Lipinski definition) is 1. The molecule has 2 N–H and O–H groups in total. The lowest BCUT2D eigenvalue weighted by Gasteiger charge is -2.25. The maximum atomic E-state index is 5.95. The predicted octanol–water partition coefficient (Wildman–Crippen LogP) is 2.27. The first kappa shape index (κ1) is 13.3. The molecular weight excluding hydrogens is 224 g/mol. The van der Waals surface area contributed by atoms with Gasteiger partial charge < -0.3 is 15.4 Å². The van der Waals surface area contributed by atoms with Gasteiger partial charge in [0.25, 0.3) is 0 Å². The van der Waals surface area contributed by atoms with Crippen LogP contribution in [0.3, 0.4) is 0 Å². The number of likely N-dealkylation sites (N-methyl/N-ethyl adjacent to an activating group) is 1. The summed E-state index contributed by atoms with van der Waals surface area (Å²) in [4.78, 5) is 2.24. The highest BCUT2D eigenvalue weighted by molar-refractivity contribution is 6.30. The van der Waals surface area contributed by atoms with Gasteiger partial charge in [0.05, 0.1) is 6.61 Å². The van der Waals surface area contributed by atoms with Crippen LogP contribution >= 0.6 is 11.6 Å². The average molecular weight is 243 g/mol. The Labute approximate surface area is 102 Å². The van der Waals surface area contributed by atoms with Crippen molar-refractivity contribution in [2.24, 2.45) is 5.73 Å². The van der Waals surface area contributed by atoms with Gasteiger partial charge in [0.1, 0.15) is 0 Å². The Balaban J connectivity index is 2.90. The zero-order valence-electron chi connectivity index (χ0n) is 9.87. The van der Waals surface area contributed by atoms with Crippen LogP contribution in [0.2, 0.25) is 5.02 Å². The first-order valence-corrected chi connectivity index (χ1v) is 5.83. The molecule has 0 aliphatic heterocycles. The van der Waals surface area contributed by atoms with Crippen molar-refractivity contribution in [1.82, 2.24) is 0 Å². The Bertz CT molecular complexity index is 331. The van der Waals surface area contributed by atoms with Crippen LogP contribution in [0.1, 0.15) is 12.5 Å². The van der Waals surface area contributed by atoms with Crippen molar-refractivity contribution in [3.8, 4) is 0 Å². The summed E-state index contributed by atoms with van der Waals surface area (Å²) >= 11 is 5.95. The summed E-state index contributed by atoms with van der Waals surface area (Å²) in [5.41, 5.74) is 7.94. The number of anilines is 1. The summed E-state index contributed by atoms with van der Waals surface area (Å²) in [7, 11) is 1.71. The second kappa shape index (κ2) is 6.74. The highest BCUT2D eigenvalue weighted by Gasteiger charge is 2.08. The van der Waals surface area contributed by atoms with Crippen LogP contribution in [-0.4, -0.2) is 26.8 Å². The zero-order chi connectivity index (χ0) is 12.0. The van der Waals surface area contributed by atoms with E-state index in [-0.39, 0.29) is 0 Å². The van der Waals surface area contributed by atoms with Gasteiger partial charge in [-0.2, -0.15) is 0 Å². The summed E-state index contributed by atoms with van der Waals surface area (Å²) in [5, 5.41) is 0.729. The SMILES string of the molecule is CCN(CCOC)c1ccc(Cl)cc1CN. The van der Waals surface area contributed by atoms with E-state index < -0.39 is 0 Å². The van der Waals surface area contributed by atoms with Gasteiger partial charge in [-0.15, -0.1) is 0 Å². The molecule has 0 saturated heterocycles. The third-order valence-corrected chi connectivity index (χ3v) is 2.78. The van der Waals surface area contributed by atoms with Gasteiger partial charge in [-0.05, 0) is 30.7 Å². The van der Waals surface area contributed by atoms with Crippen molar-refractivity contribution in [3.63, 3.8) is 0 Å². The summed E-state index contributed by atoms with van der Waals surface area (Å²) in [5.74, 6) is 0. The van der Waals surface area contributed by atoms with E-state index in [1.807, 2.05) is 18.2 Å². The molecule has 16 heavy (non-hydrogen) atoms. The van der Waals surface area contributed by atoms with E-state index in [4.69, 9.17) is 22.1 Å². The first-order valence-electron chi connectivity index (χ1n) is 5.45. The topological polar surface area (TPSA) is 38.5 Å². The average Bonchev–Trinajstić information content (AvgIpc) is 2.31. The number of ether oxygens (including phenoxy) is 1. The number of rotatable bonds is 6. The molecule has 3 nitrogen and oxygen atoms in total. The fraction of sp³-hybridized carbons (Fsp3) is 0.500. The van der Waals surface area contributed by atoms with Crippen LogP contribution in [0.4, 0.5) is 5.69 Å². The molecule has 0 aliphatic rings. The smallest absolute Gasteiger partial charge is 0.0637 e. The molecule has 0 aromatic heterocycles. The Morgan fingerprint density at radius 2 is 2.19 bits per heavy atom. The maximum absolute atomic E-state index is 5.95. The van der Waals surface area contributed by atoms with Gasteiger partial charge in [0.15, 0.2) is 0 Å². The second-order valence-corrected chi connectivity index (χ2v) is 3.99. The third kappa shape index (κ3) is 3.37. The van der Waals surface area contributed by atoms with Crippen molar-refractivity contribution in [2.75, 3.05) is 31.7 Å². The Hall–Kier alpha value is -0.770. The molecule has 0 saturated carbocycles. The van der Waals surface area contributed by atoms with Crippen LogP contribution in [0.15, 0.2) is 18.2 Å². The molecule has 0 heterocycles. The van der Waals surface area contributed by atoms with Gasteiger partial charge in [-0.1, -0.05) is 11.6 Å². The van der Waals surface area contributed by atoms with Crippen molar-refractivity contribution in [3.05, 3.63) is 28.8 Å². The Morgan fingerprint density at radius 1 is 1.44 bits per heavy atom. The van der Waals surface area contributed by atoms with Crippen LogP contribution in [0.5, 0.6) is 0 Å². The van der Waals surface area contributed by atoms with Crippen LogP contribution < -0.4 is 10.6 Å². The normalized spacial score (nSPS) is 10.5. The molecule has 4 heteroatoms. The number of nitrogens with two attached hydrogens (primary N) is 1. The lowest BCUT2D eigenvalue weighted by Crippen LogP contribution is -2.28. The summed E-state index contributed by atoms with van der Waals surface area (Å²) < 4.78 is 5.09. The molecule has 90 valence electrons. The molecule has 0 spiro atoms. The monoisotopic (exact) mass is 242 g/mol. The fourth-order valence-corrected chi connectivity index (χ4v) is 1.87. The molecule has 0 bridgehead atoms. The molecule has 0 unspecified atom stereocenters. The molecule has 0 fully saturated rings. The van der Waals surface area contributed by atoms with E-state index in [0.717, 1.165) is 29.4 Å². The summed E-state index contributed by atoms with van der Waals surface area (Å²) in [6, 6.07) is 5.83. The van der Waals surface area contributed by atoms with Gasteiger partial charge >= 0.3 is 0 Å². The highest BCUT2D eigenvalue weighted by atomic mass is 35.5. The highest BCUT2D eigenvalue weighted by Crippen LogP contribution is 2.23. The number of hydrogen-bond acceptors (Lipinski definition) is 3. The van der Waals surface area contributed by atoms with Gasteiger partial charge in [-0.25, -0.2) is 0 Å². The zero-order valence-corrected chi connectivity index (χ0v) is 10.6. The lowest BCUT2D eigenvalue weighted by atomic mass is 10.1. The van der Waals surface area contributed by atoms with E-state index in [1.165, 1.54) is 0 Å². The summed E-state index contributed by atoms with van der Waals surface area (Å²) in [6.45, 7) is 5.12. The van der Waals surface area contributed by atoms with Gasteiger partial charge in [-0.3, -0.25) is 0 Å². The molecular formula is C12H19ClN2O. The van der Waals surface area contributed by atoms with Crippen LogP contribution in [0, 0.1) is 0 Å². The molecule has 0 atom stereocenters. The first-order chi connectivity index (χ1) is 7.72. The predicted molar refractivity (Wildman–Crippen MR) is 69.1 cm³/mol. The quantitative estimate of drug-likeness (QED) is 0.832. The second-order valence-electron chi connectivity index (χ2n) is 3.55. The van der Waals surface area contributed by atoms with Crippen molar-refractivity contribution in [2.45, 2.75) is 13.5 Å². The van der Waals surface area contributed by atoms with E-state index in [1.54, 1.807) is 7.11 Å². The molecule has 1 rings (SSSR count). The van der Waals surface area contributed by atoms with Gasteiger partial charge in [0, 0.05) is 37.5 Å². The minimum absolute atomic E-state index is 0.499. The van der Waals surface area contributed by atoms with Crippen LogP contribution in [-0.2, 0) is 11.3 Å². The van der Waals surface area contributed by atoms with Crippen molar-refractivity contribution >= 4 is 17.3 Å². The minimum atomic E-state index is 0.499. The van der Waals surface area contributed by atoms with E-state index >= 15 is 0 Å². The molecule has 1 aromatic carbocycles. The Kier molecular flexibility index (Phi) is 5.60. The van der Waals surface area contributed by atoms with Gasteiger partial charge in [0.2, 0.25) is 0 Å². The molecule has 0 aliphatic carbocycles. The number of methoxy groups -OCH3 is 1. The van der Waals surface area contributed by atoms with E-state index in [2.05, 4.69) is 11.8 Å². The van der Waals surface area contributed by atoms with Crippen LogP contribution in [0.25, 0.3) is 0 Å². The number of nitrogens with zero attached hydrogens (tertiary/aromatic N) is 1. The molecule has 0 amide bonds.